The van der Waals surface area contributed by atoms with Crippen molar-refractivity contribution in [2.24, 2.45) is 9.98 Å². The summed E-state index contributed by atoms with van der Waals surface area (Å²) in [7, 11) is 0. The fourth-order valence-electron chi connectivity index (χ4n) is 8.30. The first-order chi connectivity index (χ1) is 30.5. The van der Waals surface area contributed by atoms with E-state index in [0.717, 1.165) is 72.7 Å². The molecule has 7 nitrogen and oxygen atoms in total. The number of pyridine rings is 1. The Labute approximate surface area is 361 Å². The van der Waals surface area contributed by atoms with Gasteiger partial charge in [-0.05, 0) is 81.9 Å². The van der Waals surface area contributed by atoms with Crippen LogP contribution in [0.2, 0.25) is 0 Å². The lowest BCUT2D eigenvalue weighted by molar-refractivity contribution is 0.436. The number of ether oxygens (including phenoxy) is 1. The quantitative estimate of drug-likeness (QED) is 0.0907. The average molecular weight is 801 g/mol. The average Bonchev–Trinajstić information content (AvgIpc) is 3.61. The molecule has 62 heavy (non-hydrogen) atoms. The highest BCUT2D eigenvalue weighted by molar-refractivity contribution is 5.91. The second-order valence-corrected chi connectivity index (χ2v) is 14.6. The summed E-state index contributed by atoms with van der Waals surface area (Å²) in [4.78, 5) is 28.8. The van der Waals surface area contributed by atoms with Crippen LogP contribution in [-0.4, -0.2) is 32.4 Å². The van der Waals surface area contributed by atoms with Gasteiger partial charge in [0.05, 0.1) is 28.7 Å². The molecule has 3 heterocycles. The predicted octanol–water partition coefficient (Wildman–Crippen LogP) is 12.8. The largest absolute Gasteiger partial charge is 0.457 e. The summed E-state index contributed by atoms with van der Waals surface area (Å²) in [5.41, 5.74) is 11.8. The molecule has 1 aliphatic carbocycles. The molecule has 7 aromatic rings. The maximum Gasteiger partial charge on any atom is 0.164 e. The Morgan fingerprint density at radius 1 is 0.581 bits per heavy atom. The number of rotatable bonds is 12. The number of nitrogens with zero attached hydrogens (tertiary/aromatic N) is 6. The van der Waals surface area contributed by atoms with Gasteiger partial charge in [0.1, 0.15) is 11.5 Å². The molecule has 0 atom stereocenters. The molecule has 0 amide bonds. The minimum atomic E-state index is -0.789. The van der Waals surface area contributed by atoms with Crippen LogP contribution in [-0.2, 0) is 5.41 Å². The smallest absolute Gasteiger partial charge is 0.164 e. The Morgan fingerprint density at radius 2 is 1.23 bits per heavy atom. The lowest BCUT2D eigenvalue weighted by Crippen LogP contribution is -2.32. The molecule has 5 aromatic carbocycles. The maximum absolute atomic E-state index is 6.91. The fourth-order valence-corrected chi connectivity index (χ4v) is 8.30. The highest BCUT2D eigenvalue weighted by Crippen LogP contribution is 2.62. The highest BCUT2D eigenvalue weighted by Gasteiger charge is 2.51. The standard InChI is InChI=1S/C55H40N6O/c1-6-10-30-56-35-42-31-41(34-49(58-42)36(5)57-29-8-3)39-25-27-50-47(32-39)55(45-23-16-14-21-43(45)44-22-15-17-24-46(44)55)48-33-40(26-28-51(48)62-50)54-60-52(37(9-4)18-7-2)59-53(61-54)38-19-12-11-13-20-38/h6-35H,1-5H2/b30-10-,37-18+,56-35+,57-29-. The number of allylic oxidation sites excluding steroid dienone is 7. The molecule has 7 heteroatoms. The number of aliphatic imine (C=N–C) groups is 2. The molecule has 0 N–H and O–H groups in total. The maximum atomic E-state index is 6.91. The minimum Gasteiger partial charge on any atom is -0.457 e. The van der Waals surface area contributed by atoms with Crippen molar-refractivity contribution in [3.63, 3.8) is 0 Å². The molecule has 2 aliphatic rings. The first kappa shape index (κ1) is 39.1. The van der Waals surface area contributed by atoms with Crippen LogP contribution in [0.15, 0.2) is 213 Å². The zero-order chi connectivity index (χ0) is 42.6. The predicted molar refractivity (Wildman–Crippen MR) is 254 cm³/mol. The van der Waals surface area contributed by atoms with E-state index in [9.17, 15) is 0 Å². The SMILES string of the molecule is C=C/C=C\N=C\c1cc(-c2ccc3c(c2)C2(c4cc(-c5nc(/C(C=C)=C/C=C)nc(-c6ccccc6)n5)ccc4O3)c3ccccc3-c3ccccc32)cc(C(=C)/N=C\C=C)n1. The van der Waals surface area contributed by atoms with Gasteiger partial charge in [-0.25, -0.2) is 19.9 Å². The first-order valence-corrected chi connectivity index (χ1v) is 20.1. The Hall–Kier alpha value is -8.42. The summed E-state index contributed by atoms with van der Waals surface area (Å²) in [6, 6.07) is 43.8. The van der Waals surface area contributed by atoms with Crippen LogP contribution in [0.4, 0.5) is 0 Å². The third-order valence-corrected chi connectivity index (χ3v) is 11.0. The van der Waals surface area contributed by atoms with Gasteiger partial charge in [0.15, 0.2) is 17.5 Å². The zero-order valence-electron chi connectivity index (χ0n) is 33.9. The summed E-state index contributed by atoms with van der Waals surface area (Å²) in [5, 5.41) is 0. The van der Waals surface area contributed by atoms with Crippen molar-refractivity contribution in [1.29, 1.82) is 0 Å². The van der Waals surface area contributed by atoms with Gasteiger partial charge in [-0.2, -0.15) is 0 Å². The van der Waals surface area contributed by atoms with E-state index < -0.39 is 5.41 Å². The molecule has 0 bridgehead atoms. The van der Waals surface area contributed by atoms with Crippen molar-refractivity contribution in [3.8, 4) is 56.5 Å². The van der Waals surface area contributed by atoms with Gasteiger partial charge in [0, 0.05) is 40.2 Å². The van der Waals surface area contributed by atoms with E-state index in [1.54, 1.807) is 49.0 Å². The van der Waals surface area contributed by atoms with Gasteiger partial charge in [0.25, 0.3) is 0 Å². The van der Waals surface area contributed by atoms with E-state index in [0.29, 0.717) is 34.6 Å². The van der Waals surface area contributed by atoms with E-state index in [1.807, 2.05) is 60.7 Å². The highest BCUT2D eigenvalue weighted by atomic mass is 16.5. The zero-order valence-corrected chi connectivity index (χ0v) is 33.9. The lowest BCUT2D eigenvalue weighted by atomic mass is 9.65. The number of aromatic nitrogens is 4. The summed E-state index contributed by atoms with van der Waals surface area (Å²) in [5.74, 6) is 3.06. The molecule has 296 valence electrons. The topological polar surface area (TPSA) is 85.5 Å². The molecule has 0 radical (unpaired) electrons. The molecule has 2 aromatic heterocycles. The van der Waals surface area contributed by atoms with Gasteiger partial charge in [0.2, 0.25) is 0 Å². The second-order valence-electron chi connectivity index (χ2n) is 14.6. The molecule has 0 unspecified atom stereocenters. The molecule has 9 rings (SSSR count). The molecule has 0 saturated heterocycles. The molecule has 1 spiro atoms. The van der Waals surface area contributed by atoms with Gasteiger partial charge >= 0.3 is 0 Å². The van der Waals surface area contributed by atoms with E-state index in [1.165, 1.54) is 0 Å². The van der Waals surface area contributed by atoms with E-state index in [4.69, 9.17) is 24.7 Å². The van der Waals surface area contributed by atoms with Crippen LogP contribution in [0, 0.1) is 0 Å². The number of fused-ring (bicyclic) bond motifs is 9. The van der Waals surface area contributed by atoms with Crippen molar-refractivity contribution in [2.75, 3.05) is 0 Å². The van der Waals surface area contributed by atoms with Gasteiger partial charge in [-0.3, -0.25) is 9.98 Å². The third kappa shape index (κ3) is 6.87. The Morgan fingerprint density at radius 3 is 1.89 bits per heavy atom. The molecule has 0 fully saturated rings. The Kier molecular flexibility index (Phi) is 10.5. The van der Waals surface area contributed by atoms with E-state index >= 15 is 0 Å². The monoisotopic (exact) mass is 800 g/mol. The first-order valence-electron chi connectivity index (χ1n) is 20.1. The van der Waals surface area contributed by atoms with Gasteiger partial charge in [-0.15, -0.1) is 0 Å². The van der Waals surface area contributed by atoms with Crippen LogP contribution in [0.3, 0.4) is 0 Å². The van der Waals surface area contributed by atoms with Crippen molar-refractivity contribution in [3.05, 3.63) is 242 Å². The van der Waals surface area contributed by atoms with Gasteiger partial charge in [-0.1, -0.05) is 148 Å². The van der Waals surface area contributed by atoms with Crippen molar-refractivity contribution >= 4 is 23.7 Å². The summed E-state index contributed by atoms with van der Waals surface area (Å²) in [6.45, 7) is 19.7. The summed E-state index contributed by atoms with van der Waals surface area (Å²) in [6.07, 6.45) is 15.3. The summed E-state index contributed by atoms with van der Waals surface area (Å²) >= 11 is 0. The fraction of sp³-hybridized carbons (Fsp3) is 0.0182. The minimum absolute atomic E-state index is 0.495. The van der Waals surface area contributed by atoms with E-state index in [-0.39, 0.29) is 0 Å². The molecule has 0 saturated carbocycles. The van der Waals surface area contributed by atoms with Crippen LogP contribution >= 0.6 is 0 Å². The number of hydrogen-bond acceptors (Lipinski definition) is 7. The second kappa shape index (κ2) is 16.7. The molecular formula is C55H40N6O. The van der Waals surface area contributed by atoms with Gasteiger partial charge < -0.3 is 4.74 Å². The third-order valence-electron chi connectivity index (χ3n) is 11.0. The molecule has 1 aliphatic heterocycles. The van der Waals surface area contributed by atoms with E-state index in [2.05, 4.69) is 116 Å². The Bertz CT molecular complexity index is 3050. The number of benzene rings is 5. The van der Waals surface area contributed by atoms with Crippen molar-refractivity contribution in [1.82, 2.24) is 19.9 Å². The van der Waals surface area contributed by atoms with Crippen molar-refractivity contribution in [2.45, 2.75) is 5.41 Å². The van der Waals surface area contributed by atoms with Crippen LogP contribution in [0.1, 0.15) is 39.5 Å². The van der Waals surface area contributed by atoms with Crippen molar-refractivity contribution < 1.29 is 4.74 Å². The lowest BCUT2D eigenvalue weighted by Gasteiger charge is -2.40. The van der Waals surface area contributed by atoms with Crippen LogP contribution in [0.25, 0.3) is 56.3 Å². The summed E-state index contributed by atoms with van der Waals surface area (Å²) < 4.78 is 6.91. The normalized spacial score (nSPS) is 13.3. The number of hydrogen-bond donors (Lipinski definition) is 0. The van der Waals surface area contributed by atoms with Crippen LogP contribution < -0.4 is 4.74 Å². The van der Waals surface area contributed by atoms with Crippen LogP contribution in [0.5, 0.6) is 11.5 Å². The molecular weight excluding hydrogens is 761 g/mol. The Balaban J connectivity index is 1.29.